The fourth-order valence-electron chi connectivity index (χ4n) is 7.37. The molecule has 0 unspecified atom stereocenters. The van der Waals surface area contributed by atoms with Crippen molar-refractivity contribution in [3.63, 3.8) is 0 Å². The summed E-state index contributed by atoms with van der Waals surface area (Å²) in [4.78, 5) is 19.5. The van der Waals surface area contributed by atoms with Crippen molar-refractivity contribution in [2.45, 2.75) is 0 Å². The van der Waals surface area contributed by atoms with Crippen LogP contribution in [0.4, 0.5) is 0 Å². The van der Waals surface area contributed by atoms with Crippen LogP contribution in [-0.4, -0.2) is 24.5 Å². The summed E-state index contributed by atoms with van der Waals surface area (Å²) in [6, 6.07) is 47.6. The lowest BCUT2D eigenvalue weighted by Crippen LogP contribution is -2.01. The molecule has 11 aromatic rings. The summed E-state index contributed by atoms with van der Waals surface area (Å²) in [7, 11) is 0. The van der Waals surface area contributed by atoms with Gasteiger partial charge in [0.05, 0.1) is 11.0 Å². The normalized spacial score (nSPS) is 11.9. The highest BCUT2D eigenvalue weighted by atomic mass is 16.3. The first kappa shape index (κ1) is 27.8. The number of hydrogen-bond acceptors (Lipinski definition) is 6. The predicted molar refractivity (Wildman–Crippen MR) is 203 cm³/mol. The van der Waals surface area contributed by atoms with Gasteiger partial charge in [0, 0.05) is 67.1 Å². The summed E-state index contributed by atoms with van der Waals surface area (Å²) in [6.45, 7) is 0. The molecule has 5 aromatic heterocycles. The first-order valence-corrected chi connectivity index (χ1v) is 16.8. The molecule has 0 atom stereocenters. The average molecular weight is 656 g/mol. The second-order valence-electron chi connectivity index (χ2n) is 12.7. The van der Waals surface area contributed by atoms with E-state index in [4.69, 9.17) is 23.8 Å². The number of pyridine rings is 1. The summed E-state index contributed by atoms with van der Waals surface area (Å²) in [6.07, 6.45) is 3.57. The van der Waals surface area contributed by atoms with Crippen molar-refractivity contribution in [2.24, 2.45) is 0 Å². The topological polar surface area (TPSA) is 82.8 Å². The Hall–Kier alpha value is -7.12. The number of rotatable bonds is 4. The number of furan rings is 2. The van der Waals surface area contributed by atoms with Crippen molar-refractivity contribution in [1.29, 1.82) is 0 Å². The van der Waals surface area contributed by atoms with Crippen LogP contribution in [0.5, 0.6) is 0 Å². The van der Waals surface area contributed by atoms with Gasteiger partial charge in [-0.15, -0.1) is 0 Å². The minimum absolute atomic E-state index is 0.544. The molecule has 0 fully saturated rings. The third kappa shape index (κ3) is 4.31. The minimum atomic E-state index is 0.544. The van der Waals surface area contributed by atoms with E-state index >= 15 is 0 Å². The Morgan fingerprint density at radius 1 is 0.392 bits per heavy atom. The van der Waals surface area contributed by atoms with Crippen molar-refractivity contribution in [2.75, 3.05) is 0 Å². The Kier molecular flexibility index (Phi) is 5.83. The summed E-state index contributed by atoms with van der Waals surface area (Å²) in [5.74, 6) is 1.66. The van der Waals surface area contributed by atoms with Crippen molar-refractivity contribution in [3.8, 4) is 39.9 Å². The molecule has 238 valence electrons. The molecule has 0 N–H and O–H groups in total. The van der Waals surface area contributed by atoms with Gasteiger partial charge in [0.2, 0.25) is 0 Å². The van der Waals surface area contributed by atoms with E-state index in [1.54, 1.807) is 6.20 Å². The number of fused-ring (bicyclic) bond motifs is 9. The second-order valence-corrected chi connectivity index (χ2v) is 12.7. The molecule has 0 saturated heterocycles. The summed E-state index contributed by atoms with van der Waals surface area (Å²) in [5.41, 5.74) is 8.99. The van der Waals surface area contributed by atoms with Gasteiger partial charge in [-0.05, 0) is 60.7 Å². The van der Waals surface area contributed by atoms with E-state index < -0.39 is 0 Å². The van der Waals surface area contributed by atoms with E-state index in [1.807, 2.05) is 54.7 Å². The predicted octanol–water partition coefficient (Wildman–Crippen LogP) is 11.2. The molecule has 0 aliphatic heterocycles. The molecule has 0 spiro atoms. The Morgan fingerprint density at radius 2 is 0.922 bits per heavy atom. The molecule has 0 aliphatic carbocycles. The molecule has 0 saturated carbocycles. The van der Waals surface area contributed by atoms with Crippen molar-refractivity contribution in [1.82, 2.24) is 24.5 Å². The van der Waals surface area contributed by atoms with E-state index in [-0.39, 0.29) is 0 Å². The molecular weight excluding hydrogens is 631 g/mol. The number of benzene rings is 6. The lowest BCUT2D eigenvalue weighted by atomic mass is 10.1. The Labute approximate surface area is 290 Å². The molecule has 0 radical (unpaired) electrons. The largest absolute Gasteiger partial charge is 0.456 e. The van der Waals surface area contributed by atoms with Gasteiger partial charge >= 0.3 is 0 Å². The molecule has 6 aromatic carbocycles. The number of para-hydroxylation sites is 3. The van der Waals surface area contributed by atoms with Crippen LogP contribution in [0.3, 0.4) is 0 Å². The van der Waals surface area contributed by atoms with E-state index in [2.05, 4.69) is 101 Å². The molecule has 5 heterocycles. The summed E-state index contributed by atoms with van der Waals surface area (Å²) in [5, 5.41) is 6.50. The highest BCUT2D eigenvalue weighted by Gasteiger charge is 2.18. The van der Waals surface area contributed by atoms with Crippen LogP contribution in [0, 0.1) is 0 Å². The van der Waals surface area contributed by atoms with Crippen LogP contribution < -0.4 is 0 Å². The fraction of sp³-hybridized carbons (Fsp3) is 0. The van der Waals surface area contributed by atoms with Gasteiger partial charge in [0.25, 0.3) is 0 Å². The maximum atomic E-state index is 6.26. The smallest absolute Gasteiger partial charge is 0.164 e. The van der Waals surface area contributed by atoms with Crippen molar-refractivity contribution >= 4 is 65.7 Å². The quantitative estimate of drug-likeness (QED) is 0.188. The zero-order chi connectivity index (χ0) is 33.5. The van der Waals surface area contributed by atoms with Crippen molar-refractivity contribution in [3.05, 3.63) is 152 Å². The van der Waals surface area contributed by atoms with Gasteiger partial charge < -0.3 is 13.4 Å². The zero-order valence-corrected chi connectivity index (χ0v) is 27.0. The fourth-order valence-corrected chi connectivity index (χ4v) is 7.37. The van der Waals surface area contributed by atoms with Crippen LogP contribution in [0.15, 0.2) is 161 Å². The highest BCUT2D eigenvalue weighted by Crippen LogP contribution is 2.36. The Balaban J connectivity index is 1.12. The first-order chi connectivity index (χ1) is 25.2. The van der Waals surface area contributed by atoms with Crippen LogP contribution in [-0.2, 0) is 0 Å². The van der Waals surface area contributed by atoms with Crippen molar-refractivity contribution < 1.29 is 8.83 Å². The zero-order valence-electron chi connectivity index (χ0n) is 27.0. The number of aromatic nitrogens is 5. The minimum Gasteiger partial charge on any atom is -0.456 e. The SMILES string of the molecule is c1cc(-c2nc(-c3ccc4c(c3)oc3ccccc34)nc(-c3ccc4c(c3)oc3ccncc34)n2)cc(-n2c3ccccc3c3ccccc32)c1. The van der Waals surface area contributed by atoms with Gasteiger partial charge in [0.15, 0.2) is 17.5 Å². The average Bonchev–Trinajstić information content (AvgIpc) is 3.86. The molecule has 51 heavy (non-hydrogen) atoms. The third-order valence-corrected chi connectivity index (χ3v) is 9.75. The van der Waals surface area contributed by atoms with E-state index in [0.717, 1.165) is 77.3 Å². The first-order valence-electron chi connectivity index (χ1n) is 16.8. The van der Waals surface area contributed by atoms with E-state index in [9.17, 15) is 0 Å². The van der Waals surface area contributed by atoms with Gasteiger partial charge in [0.1, 0.15) is 22.3 Å². The van der Waals surface area contributed by atoms with Gasteiger partial charge in [-0.25, -0.2) is 15.0 Å². The van der Waals surface area contributed by atoms with Crippen LogP contribution in [0.2, 0.25) is 0 Å². The standard InChI is InChI=1S/C44H25N5O2/c1-4-13-36-30(10-1)31-11-2-5-14-37(31)49(36)29-9-7-8-26(22-29)42-46-43(27-16-18-33-32-12-3-6-15-38(32)50-40(33)23-27)48-44(47-42)28-17-19-34-35-25-45-21-20-39(35)51-41(34)24-28/h1-25H. The molecule has 0 aliphatic rings. The molecular formula is C44H25N5O2. The van der Waals surface area contributed by atoms with Gasteiger partial charge in [-0.3, -0.25) is 4.98 Å². The van der Waals surface area contributed by atoms with Gasteiger partial charge in [-0.1, -0.05) is 78.9 Å². The monoisotopic (exact) mass is 655 g/mol. The van der Waals surface area contributed by atoms with E-state index in [0.29, 0.717) is 17.5 Å². The molecule has 11 rings (SSSR count). The highest BCUT2D eigenvalue weighted by molar-refractivity contribution is 6.09. The van der Waals surface area contributed by atoms with Crippen LogP contribution >= 0.6 is 0 Å². The number of hydrogen-bond donors (Lipinski definition) is 0. The number of nitrogens with zero attached hydrogens (tertiary/aromatic N) is 5. The van der Waals surface area contributed by atoms with Crippen LogP contribution in [0.25, 0.3) is 106 Å². The maximum absolute atomic E-state index is 6.26. The van der Waals surface area contributed by atoms with Crippen LogP contribution in [0.1, 0.15) is 0 Å². The second kappa shape index (κ2) is 10.7. The lowest BCUT2D eigenvalue weighted by Gasteiger charge is -2.11. The van der Waals surface area contributed by atoms with Gasteiger partial charge in [-0.2, -0.15) is 0 Å². The maximum Gasteiger partial charge on any atom is 0.164 e. The Bertz CT molecular complexity index is 2980. The molecule has 0 bridgehead atoms. The Morgan fingerprint density at radius 3 is 1.59 bits per heavy atom. The van der Waals surface area contributed by atoms with E-state index in [1.165, 1.54) is 10.8 Å². The summed E-state index contributed by atoms with van der Waals surface area (Å²) < 4.78 is 14.8. The lowest BCUT2D eigenvalue weighted by molar-refractivity contribution is 0.668. The summed E-state index contributed by atoms with van der Waals surface area (Å²) >= 11 is 0. The molecule has 7 nitrogen and oxygen atoms in total. The third-order valence-electron chi connectivity index (χ3n) is 9.75. The molecule has 7 heteroatoms. The molecule has 0 amide bonds.